The number of nitrogens with zero attached hydrogens (tertiary/aromatic N) is 2. The molecular formula is C51H39N3. The molecule has 9 aromatic rings. The van der Waals surface area contributed by atoms with E-state index in [9.17, 15) is 0 Å². The molecule has 3 nitrogen and oxygen atoms in total. The molecule has 0 unspecified atom stereocenters. The van der Waals surface area contributed by atoms with Gasteiger partial charge in [0.05, 0.1) is 11.4 Å². The average Bonchev–Trinajstić information content (AvgIpc) is 3.23. The lowest BCUT2D eigenvalue weighted by Gasteiger charge is -2.27. The van der Waals surface area contributed by atoms with Crippen molar-refractivity contribution in [2.24, 2.45) is 0 Å². The molecule has 0 aliphatic rings. The van der Waals surface area contributed by atoms with Gasteiger partial charge in [-0.1, -0.05) is 140 Å². The molecule has 0 saturated carbocycles. The normalized spacial score (nSPS) is 11.1. The number of benzene rings is 9. The predicted molar refractivity (Wildman–Crippen MR) is 230 cm³/mol. The van der Waals surface area contributed by atoms with Gasteiger partial charge in [0.2, 0.25) is 0 Å². The summed E-state index contributed by atoms with van der Waals surface area (Å²) in [6.07, 6.45) is 0.905. The van der Waals surface area contributed by atoms with Gasteiger partial charge in [0.15, 0.2) is 0 Å². The first-order valence-electron chi connectivity index (χ1n) is 18.4. The second kappa shape index (κ2) is 14.5. The SMILES string of the molecule is Nc1ccc(N(c2ccc(-c3ccc(N(c4ccc(Cc5ccccc5)cc4)c4cccc5ccccc45)cc3)cc2)c2cccc3ccccc23)cc1. The van der Waals surface area contributed by atoms with Crippen LogP contribution in [-0.4, -0.2) is 0 Å². The van der Waals surface area contributed by atoms with Crippen LogP contribution in [0.2, 0.25) is 0 Å². The van der Waals surface area contributed by atoms with Crippen molar-refractivity contribution in [3.05, 3.63) is 223 Å². The maximum Gasteiger partial charge on any atom is 0.0540 e. The van der Waals surface area contributed by atoms with Crippen molar-refractivity contribution in [3.8, 4) is 11.1 Å². The van der Waals surface area contributed by atoms with E-state index in [1.807, 2.05) is 12.1 Å². The summed E-state index contributed by atoms with van der Waals surface area (Å²) in [5, 5.41) is 4.82. The van der Waals surface area contributed by atoms with Crippen molar-refractivity contribution in [1.29, 1.82) is 0 Å². The minimum atomic E-state index is 0.745. The highest BCUT2D eigenvalue weighted by atomic mass is 15.1. The van der Waals surface area contributed by atoms with Crippen LogP contribution in [0.1, 0.15) is 11.1 Å². The molecule has 0 atom stereocenters. The predicted octanol–water partition coefficient (Wildman–Crippen LogP) is 13.8. The first-order valence-corrected chi connectivity index (χ1v) is 18.4. The van der Waals surface area contributed by atoms with Crippen LogP contribution in [0.25, 0.3) is 32.7 Å². The summed E-state index contributed by atoms with van der Waals surface area (Å²) < 4.78 is 0. The lowest BCUT2D eigenvalue weighted by Crippen LogP contribution is -2.10. The van der Waals surface area contributed by atoms with Crippen LogP contribution in [0.3, 0.4) is 0 Å². The summed E-state index contributed by atoms with van der Waals surface area (Å²) in [4.78, 5) is 4.68. The molecule has 2 N–H and O–H groups in total. The van der Waals surface area contributed by atoms with E-state index in [4.69, 9.17) is 5.73 Å². The van der Waals surface area contributed by atoms with E-state index >= 15 is 0 Å². The number of fused-ring (bicyclic) bond motifs is 2. The lowest BCUT2D eigenvalue weighted by molar-refractivity contribution is 1.19. The van der Waals surface area contributed by atoms with Crippen LogP contribution in [0.15, 0.2) is 212 Å². The Hall–Kier alpha value is -7.10. The van der Waals surface area contributed by atoms with Gasteiger partial charge in [0.25, 0.3) is 0 Å². The Balaban J connectivity index is 1.06. The van der Waals surface area contributed by atoms with Crippen molar-refractivity contribution in [1.82, 2.24) is 0 Å². The third kappa shape index (κ3) is 6.55. The molecule has 0 spiro atoms. The van der Waals surface area contributed by atoms with Gasteiger partial charge in [0.1, 0.15) is 0 Å². The summed E-state index contributed by atoms with van der Waals surface area (Å²) in [6.45, 7) is 0. The molecule has 0 heterocycles. The van der Waals surface area contributed by atoms with Crippen molar-refractivity contribution in [2.45, 2.75) is 6.42 Å². The average molecular weight is 694 g/mol. The number of rotatable bonds is 9. The Morgan fingerprint density at radius 1 is 0.315 bits per heavy atom. The quantitative estimate of drug-likeness (QED) is 0.153. The fourth-order valence-corrected chi connectivity index (χ4v) is 7.48. The van der Waals surface area contributed by atoms with Gasteiger partial charge in [-0.25, -0.2) is 0 Å². The highest BCUT2D eigenvalue weighted by Gasteiger charge is 2.17. The molecule has 0 fully saturated rings. The number of anilines is 7. The Morgan fingerprint density at radius 3 is 1.17 bits per heavy atom. The largest absolute Gasteiger partial charge is 0.399 e. The molecule has 0 radical (unpaired) electrons. The maximum absolute atomic E-state index is 6.11. The molecule has 54 heavy (non-hydrogen) atoms. The second-order valence-corrected chi connectivity index (χ2v) is 13.7. The minimum absolute atomic E-state index is 0.745. The minimum Gasteiger partial charge on any atom is -0.399 e. The van der Waals surface area contributed by atoms with Crippen molar-refractivity contribution >= 4 is 61.4 Å². The number of hydrogen-bond acceptors (Lipinski definition) is 3. The van der Waals surface area contributed by atoms with Gasteiger partial charge in [-0.15, -0.1) is 0 Å². The molecule has 0 amide bonds. The first-order chi connectivity index (χ1) is 26.7. The summed E-state index contributed by atoms with van der Waals surface area (Å²) in [6, 6.07) is 75.7. The van der Waals surface area contributed by atoms with Crippen LogP contribution in [0, 0.1) is 0 Å². The Kier molecular flexibility index (Phi) is 8.80. The van der Waals surface area contributed by atoms with E-state index < -0.39 is 0 Å². The van der Waals surface area contributed by atoms with Crippen molar-refractivity contribution < 1.29 is 0 Å². The highest BCUT2D eigenvalue weighted by molar-refractivity contribution is 6.00. The fraction of sp³-hybridized carbons (Fsp3) is 0.0196. The zero-order valence-electron chi connectivity index (χ0n) is 29.9. The van der Waals surface area contributed by atoms with Gasteiger partial charge in [-0.2, -0.15) is 0 Å². The summed E-state index contributed by atoms with van der Waals surface area (Å²) >= 11 is 0. The number of nitrogen functional groups attached to an aromatic ring is 1. The lowest BCUT2D eigenvalue weighted by atomic mass is 10.0. The van der Waals surface area contributed by atoms with Crippen molar-refractivity contribution in [3.63, 3.8) is 0 Å². The second-order valence-electron chi connectivity index (χ2n) is 13.7. The van der Waals surface area contributed by atoms with Crippen LogP contribution < -0.4 is 15.5 Å². The number of hydrogen-bond donors (Lipinski definition) is 1. The molecule has 258 valence electrons. The summed E-state index contributed by atoms with van der Waals surface area (Å²) in [7, 11) is 0. The molecule has 0 saturated heterocycles. The standard InChI is InChI=1S/C51H39N3/c52-43-26-34-47(35-27-43)54(51-19-9-15-42-13-5-7-17-49(42)51)46-32-24-40(25-33-46)39-22-30-45(31-23-39)53(50-18-8-14-41-12-4-6-16-48(41)50)44-28-20-38(21-29-44)36-37-10-2-1-3-11-37/h1-35H,36,52H2. The zero-order valence-corrected chi connectivity index (χ0v) is 29.9. The zero-order chi connectivity index (χ0) is 36.3. The van der Waals surface area contributed by atoms with Crippen LogP contribution >= 0.6 is 0 Å². The molecule has 0 aliphatic carbocycles. The topological polar surface area (TPSA) is 32.5 Å². The van der Waals surface area contributed by atoms with E-state index in [-0.39, 0.29) is 0 Å². The van der Waals surface area contributed by atoms with Gasteiger partial charge in [-0.05, 0) is 112 Å². The van der Waals surface area contributed by atoms with E-state index in [1.54, 1.807) is 0 Å². The summed E-state index contributed by atoms with van der Waals surface area (Å²) in [5.74, 6) is 0. The molecular weight excluding hydrogens is 655 g/mol. The Labute approximate surface area is 316 Å². The molecule has 9 rings (SSSR count). The van der Waals surface area contributed by atoms with E-state index in [2.05, 4.69) is 210 Å². The van der Waals surface area contributed by atoms with Gasteiger partial charge >= 0.3 is 0 Å². The van der Waals surface area contributed by atoms with Crippen LogP contribution in [-0.2, 0) is 6.42 Å². The molecule has 0 aromatic heterocycles. The van der Waals surface area contributed by atoms with Gasteiger partial charge in [-0.3, -0.25) is 0 Å². The van der Waals surface area contributed by atoms with E-state index in [0.717, 1.165) is 57.4 Å². The smallest absolute Gasteiger partial charge is 0.0540 e. The highest BCUT2D eigenvalue weighted by Crippen LogP contribution is 2.42. The Bertz CT molecular complexity index is 2660. The third-order valence-corrected chi connectivity index (χ3v) is 10.2. The van der Waals surface area contributed by atoms with Crippen LogP contribution in [0.4, 0.5) is 39.8 Å². The summed E-state index contributed by atoms with van der Waals surface area (Å²) in [5.41, 5.74) is 18.4. The molecule has 0 aliphatic heterocycles. The molecule has 3 heteroatoms. The molecule has 9 aromatic carbocycles. The van der Waals surface area contributed by atoms with Crippen LogP contribution in [0.5, 0.6) is 0 Å². The Morgan fingerprint density at radius 2 is 0.685 bits per heavy atom. The monoisotopic (exact) mass is 693 g/mol. The maximum atomic E-state index is 6.11. The van der Waals surface area contributed by atoms with Crippen molar-refractivity contribution in [2.75, 3.05) is 15.5 Å². The fourth-order valence-electron chi connectivity index (χ4n) is 7.48. The molecule has 0 bridgehead atoms. The number of nitrogens with two attached hydrogens (primary N) is 1. The van der Waals surface area contributed by atoms with Gasteiger partial charge < -0.3 is 15.5 Å². The van der Waals surface area contributed by atoms with E-state index in [1.165, 1.54) is 32.7 Å². The van der Waals surface area contributed by atoms with Gasteiger partial charge in [0, 0.05) is 39.2 Å². The van der Waals surface area contributed by atoms with E-state index in [0.29, 0.717) is 0 Å². The third-order valence-electron chi connectivity index (χ3n) is 10.2. The first kappa shape index (κ1) is 32.8.